The summed E-state index contributed by atoms with van der Waals surface area (Å²) in [7, 11) is -13.7. The van der Waals surface area contributed by atoms with Crippen molar-refractivity contribution < 1.29 is 52.3 Å². The Morgan fingerprint density at radius 1 is 0.619 bits per heavy atom. The highest BCUT2D eigenvalue weighted by atomic mass is 32.3. The Hall–Kier alpha value is -0.840. The summed E-state index contributed by atoms with van der Waals surface area (Å²) in [5, 5.41) is -13.3. The summed E-state index contributed by atoms with van der Waals surface area (Å²) in [6, 6.07) is 0. The molecule has 3 N–H and O–H groups in total. The minimum atomic E-state index is -6.87. The largest absolute Gasteiger partial charge is 0.469 e. The minimum absolute atomic E-state index is 0.525. The molecule has 0 aromatic heterocycles. The molecule has 0 heterocycles. The van der Waals surface area contributed by atoms with Gasteiger partial charge < -0.3 is 0 Å². The van der Waals surface area contributed by atoms with Gasteiger partial charge >= 0.3 is 22.9 Å². The first kappa shape index (κ1) is 20.2. The molecule has 0 aliphatic rings. The highest BCUT2D eigenvalue weighted by Gasteiger charge is 2.70. The van der Waals surface area contributed by atoms with Gasteiger partial charge in [-0.1, -0.05) is 0 Å². The van der Waals surface area contributed by atoms with Crippen LogP contribution in [-0.2, 0) is 19.8 Å². The Bertz CT molecular complexity index is 545. The molecule has 0 fully saturated rings. The molecule has 0 radical (unpaired) electrons. The molecular formula is C4H3F10N3O2S2. The summed E-state index contributed by atoms with van der Waals surface area (Å²) in [6.45, 7) is 0. The highest BCUT2D eigenvalue weighted by molar-refractivity contribution is 8.06. The lowest BCUT2D eigenvalue weighted by Crippen LogP contribution is -2.56. The number of rotatable bonds is 4. The van der Waals surface area contributed by atoms with Crippen molar-refractivity contribution in [3.05, 3.63) is 0 Å². The van der Waals surface area contributed by atoms with E-state index in [-0.39, 0.29) is 0 Å². The molecule has 128 valence electrons. The zero-order valence-electron chi connectivity index (χ0n) is 8.91. The zero-order valence-corrected chi connectivity index (χ0v) is 10.5. The van der Waals surface area contributed by atoms with Crippen LogP contribution in [0.5, 0.6) is 0 Å². The van der Waals surface area contributed by atoms with E-state index in [0.29, 0.717) is 0 Å². The second-order valence-corrected chi connectivity index (χ2v) is 7.14. The second kappa shape index (κ2) is 4.83. The normalized spacial score (nSPS) is 20.7. The quantitative estimate of drug-likeness (QED) is 0.656. The van der Waals surface area contributed by atoms with Crippen molar-refractivity contribution >= 4 is 19.8 Å². The van der Waals surface area contributed by atoms with Crippen LogP contribution in [0.25, 0.3) is 0 Å². The molecule has 0 saturated heterocycles. The minimum Gasteiger partial charge on any atom is -0.234 e. The van der Waals surface area contributed by atoms with Crippen LogP contribution in [0.4, 0.5) is 43.9 Å². The van der Waals surface area contributed by atoms with E-state index >= 15 is 0 Å². The van der Waals surface area contributed by atoms with Gasteiger partial charge in [0.1, 0.15) is 0 Å². The average Bonchev–Trinajstić information content (AvgIpc) is 2.11. The van der Waals surface area contributed by atoms with Crippen LogP contribution in [0.2, 0.25) is 0 Å². The maximum Gasteiger partial charge on any atom is 0.469 e. The van der Waals surface area contributed by atoms with Crippen LogP contribution in [0.3, 0.4) is 0 Å². The molecule has 0 aromatic carbocycles. The molecular weight excluding hydrogens is 376 g/mol. The molecule has 0 aromatic rings. The van der Waals surface area contributed by atoms with Crippen LogP contribution in [0.15, 0.2) is 0 Å². The molecule has 0 atom stereocenters. The first-order valence-electron chi connectivity index (χ1n) is 3.95. The van der Waals surface area contributed by atoms with E-state index in [0.717, 1.165) is 0 Å². The van der Waals surface area contributed by atoms with Crippen molar-refractivity contribution in [2.45, 2.75) is 22.9 Å². The predicted molar refractivity (Wildman–Crippen MR) is 46.9 cm³/mol. The fourth-order valence-corrected chi connectivity index (χ4v) is 3.41. The van der Waals surface area contributed by atoms with Crippen LogP contribution in [0, 0.1) is 9.56 Å². The predicted octanol–water partition coefficient (Wildman–Crippen LogP) is 2.81. The summed E-state index contributed by atoms with van der Waals surface area (Å²) in [5.41, 5.74) is 0. The third kappa shape index (κ3) is 3.33. The van der Waals surface area contributed by atoms with E-state index < -0.39 is 46.8 Å². The van der Waals surface area contributed by atoms with Crippen LogP contribution < -0.4 is 4.13 Å². The Kier molecular flexibility index (Phi) is 4.64. The Morgan fingerprint density at radius 3 is 0.952 bits per heavy atom. The van der Waals surface area contributed by atoms with Gasteiger partial charge in [-0.15, -0.1) is 4.13 Å². The SMILES string of the molecule is N=S(=O)(NS(=N)(=O)C(F)(F)C(F)(F)F)C(F)(F)C(F)(F)F. The first-order chi connectivity index (χ1) is 8.71. The Balaban J connectivity index is 5.91. The molecule has 0 aliphatic carbocycles. The van der Waals surface area contributed by atoms with E-state index in [4.69, 9.17) is 9.56 Å². The summed E-state index contributed by atoms with van der Waals surface area (Å²) in [5.74, 6) is 0. The lowest BCUT2D eigenvalue weighted by molar-refractivity contribution is -0.241. The fraction of sp³-hybridized carbons (Fsp3) is 1.00. The number of halogens is 10. The summed E-state index contributed by atoms with van der Waals surface area (Å²) in [6.07, 6.45) is -13.6. The Morgan fingerprint density at radius 2 is 0.810 bits per heavy atom. The summed E-state index contributed by atoms with van der Waals surface area (Å²) in [4.78, 5) is 0. The van der Waals surface area contributed by atoms with Crippen molar-refractivity contribution in [2.24, 2.45) is 0 Å². The van der Waals surface area contributed by atoms with Gasteiger partial charge in [0.25, 0.3) is 0 Å². The number of nitrogens with one attached hydrogen (secondary N) is 3. The topological polar surface area (TPSA) is 93.9 Å². The standard InChI is InChI=1S/C4H3F10N3O2S2/c5-1(6,7)3(11,12)20(15,18)17-21(16,19)4(13,14)2(8,9)10/h(H3,15,16,17,18,19). The molecule has 0 bridgehead atoms. The van der Waals surface area contributed by atoms with Gasteiger partial charge in [-0.05, 0) is 0 Å². The third-order valence-corrected chi connectivity index (χ3v) is 5.40. The van der Waals surface area contributed by atoms with Gasteiger partial charge in [0.15, 0.2) is 19.8 Å². The van der Waals surface area contributed by atoms with Crippen molar-refractivity contribution in [1.29, 1.82) is 9.56 Å². The summed E-state index contributed by atoms with van der Waals surface area (Å²) < 4.78 is 154. The van der Waals surface area contributed by atoms with Gasteiger partial charge in [0.05, 0.1) is 0 Å². The maximum atomic E-state index is 12.5. The van der Waals surface area contributed by atoms with Crippen molar-refractivity contribution in [3.8, 4) is 0 Å². The molecule has 0 spiro atoms. The smallest absolute Gasteiger partial charge is 0.234 e. The zero-order chi connectivity index (χ0) is 17.7. The lowest BCUT2D eigenvalue weighted by Gasteiger charge is -2.26. The first-order valence-corrected chi connectivity index (χ1v) is 7.06. The van der Waals surface area contributed by atoms with Crippen LogP contribution in [-0.4, -0.2) is 31.3 Å². The van der Waals surface area contributed by atoms with Crippen LogP contribution >= 0.6 is 0 Å². The van der Waals surface area contributed by atoms with E-state index in [2.05, 4.69) is 0 Å². The van der Waals surface area contributed by atoms with Gasteiger partial charge in [0, 0.05) is 0 Å². The third-order valence-electron chi connectivity index (χ3n) is 1.62. The highest BCUT2D eigenvalue weighted by Crippen LogP contribution is 2.43. The van der Waals surface area contributed by atoms with Crippen molar-refractivity contribution in [2.75, 3.05) is 0 Å². The fourth-order valence-electron chi connectivity index (χ4n) is 0.596. The van der Waals surface area contributed by atoms with Crippen molar-refractivity contribution in [1.82, 2.24) is 4.13 Å². The number of hydrogen-bond acceptors (Lipinski definition) is 4. The van der Waals surface area contributed by atoms with Crippen LogP contribution in [0.1, 0.15) is 0 Å². The lowest BCUT2D eigenvalue weighted by atomic mass is 10.7. The second-order valence-electron chi connectivity index (χ2n) is 3.22. The molecule has 5 nitrogen and oxygen atoms in total. The van der Waals surface area contributed by atoms with Gasteiger partial charge in [-0.2, -0.15) is 43.9 Å². The molecule has 21 heavy (non-hydrogen) atoms. The van der Waals surface area contributed by atoms with Gasteiger partial charge in [-0.25, -0.2) is 18.0 Å². The maximum absolute atomic E-state index is 12.5. The molecule has 17 heteroatoms. The Labute approximate surface area is 109 Å². The van der Waals surface area contributed by atoms with E-state index in [1.165, 1.54) is 0 Å². The average molecular weight is 379 g/mol. The van der Waals surface area contributed by atoms with Gasteiger partial charge in [-0.3, -0.25) is 0 Å². The monoisotopic (exact) mass is 379 g/mol. The molecule has 0 rings (SSSR count). The molecule has 0 saturated carbocycles. The summed E-state index contributed by atoms with van der Waals surface area (Å²) >= 11 is 0. The number of hydrogen-bond donors (Lipinski definition) is 3. The van der Waals surface area contributed by atoms with Crippen molar-refractivity contribution in [3.63, 3.8) is 0 Å². The molecule has 0 unspecified atom stereocenters. The van der Waals surface area contributed by atoms with E-state index in [1.807, 2.05) is 0 Å². The van der Waals surface area contributed by atoms with E-state index in [1.54, 1.807) is 0 Å². The number of alkyl halides is 10. The molecule has 0 amide bonds. The van der Waals surface area contributed by atoms with Gasteiger partial charge in [0.2, 0.25) is 0 Å². The van der Waals surface area contributed by atoms with E-state index in [9.17, 15) is 52.3 Å². The molecule has 0 aliphatic heterocycles.